The average Bonchev–Trinajstić information content (AvgIpc) is 2.36. The van der Waals surface area contributed by atoms with Gasteiger partial charge in [-0.05, 0) is 25.1 Å². The Morgan fingerprint density at radius 1 is 1.45 bits per heavy atom. The Balaban J connectivity index is 2.35. The van der Waals surface area contributed by atoms with E-state index in [1.807, 2.05) is 0 Å². The Labute approximate surface area is 122 Å². The fourth-order valence-corrected chi connectivity index (χ4v) is 2.47. The molecule has 0 radical (unpaired) electrons. The van der Waals surface area contributed by atoms with Gasteiger partial charge in [0.05, 0.1) is 23.8 Å². The first-order valence-corrected chi connectivity index (χ1v) is 6.86. The summed E-state index contributed by atoms with van der Waals surface area (Å²) in [5.41, 5.74) is -1.24. The number of alkyl halides is 3. The summed E-state index contributed by atoms with van der Waals surface area (Å²) in [7, 11) is 0. The SMILES string of the molecule is C[C@@H]1CN(C(=O)c2cc(Br)ccc2C(F)(F)F)CCO1. The van der Waals surface area contributed by atoms with E-state index >= 15 is 0 Å². The molecule has 0 saturated carbocycles. The highest BCUT2D eigenvalue weighted by molar-refractivity contribution is 9.10. The number of ether oxygens (including phenoxy) is 1. The molecule has 1 saturated heterocycles. The van der Waals surface area contributed by atoms with Crippen molar-refractivity contribution in [2.24, 2.45) is 0 Å². The Hall–Kier alpha value is -1.08. The van der Waals surface area contributed by atoms with Crippen LogP contribution in [0.25, 0.3) is 0 Å². The van der Waals surface area contributed by atoms with E-state index in [0.29, 0.717) is 24.2 Å². The van der Waals surface area contributed by atoms with Crippen LogP contribution in [0.3, 0.4) is 0 Å². The van der Waals surface area contributed by atoms with Crippen molar-refractivity contribution in [3.05, 3.63) is 33.8 Å². The lowest BCUT2D eigenvalue weighted by Gasteiger charge is -2.31. The van der Waals surface area contributed by atoms with Crippen molar-refractivity contribution in [3.8, 4) is 0 Å². The number of nitrogens with zero attached hydrogens (tertiary/aromatic N) is 1. The zero-order valence-corrected chi connectivity index (χ0v) is 12.3. The van der Waals surface area contributed by atoms with Crippen LogP contribution >= 0.6 is 15.9 Å². The first-order valence-electron chi connectivity index (χ1n) is 6.06. The van der Waals surface area contributed by atoms with Crippen molar-refractivity contribution in [2.45, 2.75) is 19.2 Å². The number of carbonyl (C=O) groups is 1. The second-order valence-electron chi connectivity index (χ2n) is 4.62. The number of halogens is 4. The van der Waals surface area contributed by atoms with E-state index < -0.39 is 17.6 Å². The Morgan fingerprint density at radius 3 is 2.75 bits per heavy atom. The van der Waals surface area contributed by atoms with Crippen molar-refractivity contribution in [2.75, 3.05) is 19.7 Å². The van der Waals surface area contributed by atoms with Crippen molar-refractivity contribution < 1.29 is 22.7 Å². The number of rotatable bonds is 1. The largest absolute Gasteiger partial charge is 0.417 e. The number of hydrogen-bond acceptors (Lipinski definition) is 2. The van der Waals surface area contributed by atoms with E-state index in [9.17, 15) is 18.0 Å². The number of hydrogen-bond donors (Lipinski definition) is 0. The lowest BCUT2D eigenvalue weighted by atomic mass is 10.1. The van der Waals surface area contributed by atoms with Gasteiger partial charge in [0.2, 0.25) is 0 Å². The van der Waals surface area contributed by atoms with Gasteiger partial charge in [-0.15, -0.1) is 0 Å². The smallest absolute Gasteiger partial charge is 0.375 e. The normalized spacial score (nSPS) is 20.1. The van der Waals surface area contributed by atoms with Crippen LogP contribution in [0.1, 0.15) is 22.8 Å². The monoisotopic (exact) mass is 351 g/mol. The van der Waals surface area contributed by atoms with E-state index in [2.05, 4.69) is 15.9 Å². The molecule has 0 aromatic heterocycles. The van der Waals surface area contributed by atoms with E-state index in [0.717, 1.165) is 6.07 Å². The molecular formula is C13H13BrF3NO2. The molecule has 1 fully saturated rings. The van der Waals surface area contributed by atoms with Gasteiger partial charge in [-0.1, -0.05) is 15.9 Å². The van der Waals surface area contributed by atoms with Crippen LogP contribution in [0.2, 0.25) is 0 Å². The maximum atomic E-state index is 13.0. The third kappa shape index (κ3) is 3.32. The fraction of sp³-hybridized carbons (Fsp3) is 0.462. The van der Waals surface area contributed by atoms with Crippen LogP contribution in [0, 0.1) is 0 Å². The zero-order valence-electron chi connectivity index (χ0n) is 10.7. The Bertz CT molecular complexity index is 519. The lowest BCUT2D eigenvalue weighted by Crippen LogP contribution is -2.45. The molecule has 2 rings (SSSR count). The van der Waals surface area contributed by atoms with Crippen LogP contribution in [0.15, 0.2) is 22.7 Å². The molecule has 20 heavy (non-hydrogen) atoms. The van der Waals surface area contributed by atoms with Gasteiger partial charge in [-0.25, -0.2) is 0 Å². The quantitative estimate of drug-likeness (QED) is 0.776. The summed E-state index contributed by atoms with van der Waals surface area (Å²) in [4.78, 5) is 13.7. The van der Waals surface area contributed by atoms with Crippen molar-refractivity contribution in [3.63, 3.8) is 0 Å². The maximum absolute atomic E-state index is 13.0. The first-order chi connectivity index (χ1) is 9.29. The minimum Gasteiger partial charge on any atom is -0.375 e. The molecular weight excluding hydrogens is 339 g/mol. The molecule has 1 aliphatic rings. The molecule has 1 heterocycles. The molecule has 1 aromatic rings. The highest BCUT2D eigenvalue weighted by atomic mass is 79.9. The summed E-state index contributed by atoms with van der Waals surface area (Å²) in [6.07, 6.45) is -4.72. The van der Waals surface area contributed by atoms with Crippen molar-refractivity contribution in [1.29, 1.82) is 0 Å². The summed E-state index contributed by atoms with van der Waals surface area (Å²) >= 11 is 3.10. The van der Waals surface area contributed by atoms with E-state index in [1.54, 1.807) is 6.92 Å². The molecule has 0 aliphatic carbocycles. The molecule has 0 unspecified atom stereocenters. The van der Waals surface area contributed by atoms with Gasteiger partial charge in [0.1, 0.15) is 0 Å². The molecule has 1 amide bonds. The number of amides is 1. The van der Waals surface area contributed by atoms with Gasteiger partial charge >= 0.3 is 6.18 Å². The van der Waals surface area contributed by atoms with Crippen molar-refractivity contribution >= 4 is 21.8 Å². The minimum atomic E-state index is -4.55. The number of morpholine rings is 1. The first kappa shape index (κ1) is 15.3. The second kappa shape index (κ2) is 5.73. The third-order valence-corrected chi connectivity index (χ3v) is 3.54. The van der Waals surface area contributed by atoms with Crippen LogP contribution in [-0.4, -0.2) is 36.6 Å². The van der Waals surface area contributed by atoms with Crippen molar-refractivity contribution in [1.82, 2.24) is 4.90 Å². The molecule has 110 valence electrons. The standard InChI is InChI=1S/C13H13BrF3NO2/c1-8-7-18(4-5-20-8)12(19)10-6-9(14)2-3-11(10)13(15,16)17/h2-3,6,8H,4-5,7H2,1H3/t8-/m1/s1. The molecule has 0 bridgehead atoms. The van der Waals surface area contributed by atoms with E-state index in [4.69, 9.17) is 4.74 Å². The molecule has 0 N–H and O–H groups in total. The molecule has 1 aliphatic heterocycles. The Kier molecular flexibility index (Phi) is 4.39. The van der Waals surface area contributed by atoms with E-state index in [-0.39, 0.29) is 11.7 Å². The van der Waals surface area contributed by atoms with Gasteiger partial charge in [-0.2, -0.15) is 13.2 Å². The predicted molar refractivity (Wildman–Crippen MR) is 70.5 cm³/mol. The zero-order chi connectivity index (χ0) is 14.9. The summed E-state index contributed by atoms with van der Waals surface area (Å²) in [6, 6.07) is 3.41. The molecule has 1 aromatic carbocycles. The summed E-state index contributed by atoms with van der Waals surface area (Å²) in [5.74, 6) is -0.617. The summed E-state index contributed by atoms with van der Waals surface area (Å²) in [5, 5.41) is 0. The molecule has 7 heteroatoms. The van der Waals surface area contributed by atoms with Gasteiger partial charge in [0.25, 0.3) is 5.91 Å². The highest BCUT2D eigenvalue weighted by Crippen LogP contribution is 2.34. The third-order valence-electron chi connectivity index (χ3n) is 3.05. The Morgan fingerprint density at radius 2 is 2.15 bits per heavy atom. The fourth-order valence-electron chi connectivity index (χ4n) is 2.11. The van der Waals surface area contributed by atoms with Crippen LogP contribution < -0.4 is 0 Å². The van der Waals surface area contributed by atoms with Gasteiger partial charge in [-0.3, -0.25) is 4.79 Å². The molecule has 1 atom stereocenters. The predicted octanol–water partition coefficient (Wildman–Crippen LogP) is 3.33. The van der Waals surface area contributed by atoms with Gasteiger partial charge in [0, 0.05) is 17.6 Å². The summed E-state index contributed by atoms with van der Waals surface area (Å²) in [6.45, 7) is 2.71. The van der Waals surface area contributed by atoms with Crippen LogP contribution in [-0.2, 0) is 10.9 Å². The molecule has 3 nitrogen and oxygen atoms in total. The highest BCUT2D eigenvalue weighted by Gasteiger charge is 2.36. The second-order valence-corrected chi connectivity index (χ2v) is 5.54. The molecule has 0 spiro atoms. The van der Waals surface area contributed by atoms with Gasteiger partial charge in [0.15, 0.2) is 0 Å². The number of benzene rings is 1. The maximum Gasteiger partial charge on any atom is 0.417 e. The average molecular weight is 352 g/mol. The van der Waals surface area contributed by atoms with Gasteiger partial charge < -0.3 is 9.64 Å². The lowest BCUT2D eigenvalue weighted by molar-refractivity contribution is -0.138. The summed E-state index contributed by atoms with van der Waals surface area (Å²) < 4.78 is 44.7. The topological polar surface area (TPSA) is 29.5 Å². The van der Waals surface area contributed by atoms with Crippen LogP contribution in [0.5, 0.6) is 0 Å². The van der Waals surface area contributed by atoms with E-state index in [1.165, 1.54) is 17.0 Å². The van der Waals surface area contributed by atoms with Crippen LogP contribution in [0.4, 0.5) is 13.2 Å². The number of carbonyl (C=O) groups excluding carboxylic acids is 1. The minimum absolute atomic E-state index is 0.172.